The maximum absolute atomic E-state index is 13.9. The summed E-state index contributed by atoms with van der Waals surface area (Å²) in [6, 6.07) is 10.3. The summed E-state index contributed by atoms with van der Waals surface area (Å²) in [5, 5.41) is 4.88. The Morgan fingerprint density at radius 3 is 2.81 bits per heavy atom. The average Bonchev–Trinajstić information content (AvgIpc) is 3.25. The van der Waals surface area contributed by atoms with Crippen molar-refractivity contribution in [3.05, 3.63) is 71.4 Å². The Kier molecular flexibility index (Phi) is 6.28. The highest BCUT2D eigenvalue weighted by molar-refractivity contribution is 7.14. The molecule has 0 atom stereocenters. The van der Waals surface area contributed by atoms with Crippen LogP contribution in [0.2, 0.25) is 0 Å². The second-order valence-electron chi connectivity index (χ2n) is 6.50. The fraction of sp³-hybridized carbons (Fsp3) is 0.130. The van der Waals surface area contributed by atoms with Gasteiger partial charge in [-0.1, -0.05) is 24.3 Å². The summed E-state index contributed by atoms with van der Waals surface area (Å²) in [7, 11) is 1.41. The first-order valence-corrected chi connectivity index (χ1v) is 10.3. The molecule has 0 saturated heterocycles. The molecule has 1 aliphatic heterocycles. The Hall–Kier alpha value is -3.65. The number of carbonyl (C=O) groups excluding carboxylic acids is 1. The van der Waals surface area contributed by atoms with Crippen molar-refractivity contribution in [3.8, 4) is 28.5 Å². The van der Waals surface area contributed by atoms with E-state index in [9.17, 15) is 9.18 Å². The van der Waals surface area contributed by atoms with Crippen molar-refractivity contribution in [1.29, 1.82) is 0 Å². The third-order valence-electron chi connectivity index (χ3n) is 4.40. The molecule has 8 heteroatoms. The molecule has 158 valence electrons. The predicted molar refractivity (Wildman–Crippen MR) is 118 cm³/mol. The number of thiazole rings is 1. The molecule has 0 radical (unpaired) electrons. The molecular formula is C23H19FN2O4S. The number of aromatic nitrogens is 1. The molecule has 0 unspecified atom stereocenters. The molecule has 0 bridgehead atoms. The Balaban J connectivity index is 1.34. The van der Waals surface area contributed by atoms with Crippen LogP contribution in [-0.4, -0.2) is 31.2 Å². The number of rotatable bonds is 6. The van der Waals surface area contributed by atoms with Gasteiger partial charge in [0.15, 0.2) is 28.2 Å². The molecule has 31 heavy (non-hydrogen) atoms. The number of carbonyl (C=O) groups is 1. The summed E-state index contributed by atoms with van der Waals surface area (Å²) in [4.78, 5) is 16.5. The van der Waals surface area contributed by atoms with Gasteiger partial charge >= 0.3 is 0 Å². The number of nitrogens with zero attached hydrogens (tertiary/aromatic N) is 1. The number of hydrogen-bond acceptors (Lipinski definition) is 6. The maximum atomic E-state index is 13.9. The van der Waals surface area contributed by atoms with Gasteiger partial charge in [-0.15, -0.1) is 11.3 Å². The second-order valence-corrected chi connectivity index (χ2v) is 7.36. The summed E-state index contributed by atoms with van der Waals surface area (Å²) >= 11 is 1.26. The van der Waals surface area contributed by atoms with Crippen molar-refractivity contribution in [2.75, 3.05) is 25.6 Å². The van der Waals surface area contributed by atoms with Crippen molar-refractivity contribution in [2.24, 2.45) is 0 Å². The van der Waals surface area contributed by atoms with E-state index >= 15 is 0 Å². The van der Waals surface area contributed by atoms with Gasteiger partial charge in [-0.05, 0) is 35.9 Å². The highest BCUT2D eigenvalue weighted by Gasteiger charge is 2.11. The number of methoxy groups -OCH3 is 1. The van der Waals surface area contributed by atoms with Crippen molar-refractivity contribution in [1.82, 2.24) is 4.98 Å². The van der Waals surface area contributed by atoms with Gasteiger partial charge in [0, 0.05) is 17.0 Å². The number of fused-ring (bicyclic) bond motifs is 1. The molecule has 0 fully saturated rings. The van der Waals surface area contributed by atoms with E-state index in [1.807, 2.05) is 24.3 Å². The summed E-state index contributed by atoms with van der Waals surface area (Å²) < 4.78 is 29.8. The molecule has 1 aliphatic rings. The van der Waals surface area contributed by atoms with Gasteiger partial charge in [-0.25, -0.2) is 9.37 Å². The smallest absolute Gasteiger partial charge is 0.250 e. The zero-order valence-corrected chi connectivity index (χ0v) is 17.4. The maximum Gasteiger partial charge on any atom is 0.250 e. The van der Waals surface area contributed by atoms with E-state index < -0.39 is 5.82 Å². The average molecular weight is 438 g/mol. The van der Waals surface area contributed by atoms with Crippen LogP contribution in [0.15, 0.2) is 60.0 Å². The van der Waals surface area contributed by atoms with Crippen molar-refractivity contribution in [3.63, 3.8) is 0 Å². The molecule has 1 N–H and O–H groups in total. The van der Waals surface area contributed by atoms with Gasteiger partial charge in [0.2, 0.25) is 5.91 Å². The lowest BCUT2D eigenvalue weighted by molar-refractivity contribution is -0.111. The topological polar surface area (TPSA) is 69.7 Å². The third kappa shape index (κ3) is 5.10. The van der Waals surface area contributed by atoms with Crippen LogP contribution in [0.25, 0.3) is 17.3 Å². The predicted octanol–water partition coefficient (Wildman–Crippen LogP) is 4.94. The Morgan fingerprint density at radius 2 is 2.00 bits per heavy atom. The van der Waals surface area contributed by atoms with E-state index in [-0.39, 0.29) is 11.7 Å². The lowest BCUT2D eigenvalue weighted by atomic mass is 10.1. The number of anilines is 1. The van der Waals surface area contributed by atoms with Crippen molar-refractivity contribution < 1.29 is 23.4 Å². The number of benzene rings is 2. The molecule has 4 rings (SSSR count). The van der Waals surface area contributed by atoms with Crippen LogP contribution < -0.4 is 19.5 Å². The van der Waals surface area contributed by atoms with Gasteiger partial charge in [-0.2, -0.15) is 0 Å². The number of nitrogens with one attached hydrogen (secondary N) is 1. The zero-order chi connectivity index (χ0) is 21.6. The third-order valence-corrected chi connectivity index (χ3v) is 5.15. The first-order chi connectivity index (χ1) is 15.1. The lowest BCUT2D eigenvalue weighted by Gasteiger charge is -2.18. The largest absolute Gasteiger partial charge is 0.494 e. The quantitative estimate of drug-likeness (QED) is 0.436. The van der Waals surface area contributed by atoms with Crippen LogP contribution in [0.5, 0.6) is 17.2 Å². The second kappa shape index (κ2) is 9.44. The van der Waals surface area contributed by atoms with Crippen LogP contribution >= 0.6 is 11.3 Å². The number of halogens is 1. The first kappa shape index (κ1) is 20.6. The van der Waals surface area contributed by atoms with E-state index in [1.54, 1.807) is 29.7 Å². The van der Waals surface area contributed by atoms with Gasteiger partial charge < -0.3 is 14.2 Å². The molecule has 1 amide bonds. The van der Waals surface area contributed by atoms with Gasteiger partial charge in [0.05, 0.1) is 12.8 Å². The van der Waals surface area contributed by atoms with Crippen LogP contribution in [0.1, 0.15) is 5.56 Å². The van der Waals surface area contributed by atoms with Crippen molar-refractivity contribution in [2.45, 2.75) is 0 Å². The normalized spacial score (nSPS) is 13.0. The molecular weight excluding hydrogens is 419 g/mol. The van der Waals surface area contributed by atoms with Gasteiger partial charge in [0.25, 0.3) is 0 Å². The lowest BCUT2D eigenvalue weighted by Crippen LogP contribution is -2.15. The SMILES string of the molecule is COc1ccc(-c2csc(NC(=O)/C=C/C=C/c3ccc4c(c3)OCCO4)n2)cc1F. The molecule has 0 spiro atoms. The van der Waals surface area contributed by atoms with Crippen LogP contribution in [0.4, 0.5) is 9.52 Å². The molecule has 3 aromatic rings. The highest BCUT2D eigenvalue weighted by Crippen LogP contribution is 2.31. The minimum atomic E-state index is -0.466. The first-order valence-electron chi connectivity index (χ1n) is 9.47. The summed E-state index contributed by atoms with van der Waals surface area (Å²) in [6.07, 6.45) is 6.67. The van der Waals surface area contributed by atoms with E-state index in [0.29, 0.717) is 35.4 Å². The molecule has 1 aromatic heterocycles. The zero-order valence-electron chi connectivity index (χ0n) is 16.6. The van der Waals surface area contributed by atoms with Gasteiger partial charge in [-0.3, -0.25) is 10.1 Å². The summed E-state index contributed by atoms with van der Waals surface area (Å²) in [6.45, 7) is 1.09. The molecule has 0 saturated carbocycles. The van der Waals surface area contributed by atoms with Crippen LogP contribution in [0, 0.1) is 5.82 Å². The Labute approximate surface area is 182 Å². The molecule has 6 nitrogen and oxygen atoms in total. The molecule has 2 aromatic carbocycles. The van der Waals surface area contributed by atoms with Gasteiger partial charge in [0.1, 0.15) is 13.2 Å². The highest BCUT2D eigenvalue weighted by atomic mass is 32.1. The van der Waals surface area contributed by atoms with E-state index in [2.05, 4.69) is 10.3 Å². The number of allylic oxidation sites excluding steroid dienone is 2. The summed E-state index contributed by atoms with van der Waals surface area (Å²) in [5.41, 5.74) is 2.11. The monoisotopic (exact) mass is 438 g/mol. The Morgan fingerprint density at radius 1 is 1.16 bits per heavy atom. The standard InChI is InChI=1S/C23H19FN2O4S/c1-28-19-9-7-16(13-17(19)24)18-14-31-23(25-18)26-22(27)5-3-2-4-15-6-8-20-21(12-15)30-11-10-29-20/h2-9,12-14H,10-11H2,1H3,(H,25,26,27)/b4-2+,5-3+. The number of ether oxygens (including phenoxy) is 3. The van der Waals surface area contributed by atoms with E-state index in [1.165, 1.54) is 30.6 Å². The van der Waals surface area contributed by atoms with Crippen LogP contribution in [-0.2, 0) is 4.79 Å². The summed E-state index contributed by atoms with van der Waals surface area (Å²) in [5.74, 6) is 0.840. The number of amides is 1. The Bertz CT molecular complexity index is 1160. The molecule has 0 aliphatic carbocycles. The van der Waals surface area contributed by atoms with Crippen molar-refractivity contribution >= 4 is 28.5 Å². The minimum absolute atomic E-state index is 0.168. The minimum Gasteiger partial charge on any atom is -0.494 e. The fourth-order valence-corrected chi connectivity index (χ4v) is 3.63. The number of hydrogen-bond donors (Lipinski definition) is 1. The van der Waals surface area contributed by atoms with E-state index in [4.69, 9.17) is 14.2 Å². The fourth-order valence-electron chi connectivity index (χ4n) is 2.91. The van der Waals surface area contributed by atoms with E-state index in [0.717, 1.165) is 11.3 Å². The van der Waals surface area contributed by atoms with Crippen LogP contribution in [0.3, 0.4) is 0 Å². The molecule has 2 heterocycles.